The van der Waals surface area contributed by atoms with Gasteiger partial charge in [-0.1, -0.05) is 55.4 Å². The number of amides is 1. The van der Waals surface area contributed by atoms with E-state index in [2.05, 4.69) is 31.0 Å². The predicted octanol–water partition coefficient (Wildman–Crippen LogP) is 2.97. The number of tetrazole rings is 1. The molecule has 33 heavy (non-hydrogen) atoms. The lowest BCUT2D eigenvalue weighted by Crippen LogP contribution is -2.32. The summed E-state index contributed by atoms with van der Waals surface area (Å²) < 4.78 is 6.90. The molecule has 0 aliphatic rings. The molecule has 0 fully saturated rings. The van der Waals surface area contributed by atoms with Crippen LogP contribution < -0.4 is 5.32 Å². The van der Waals surface area contributed by atoms with Crippen molar-refractivity contribution in [2.24, 2.45) is 17.6 Å². The number of oxime groups is 1. The maximum absolute atomic E-state index is 12.7. The van der Waals surface area contributed by atoms with E-state index in [0.717, 1.165) is 5.56 Å². The number of benzene rings is 1. The molecule has 1 amide bonds. The number of aryl methyl sites for hydroxylation is 1. The molecule has 1 N–H and O–H groups in total. The highest BCUT2D eigenvalue weighted by atomic mass is 16.6. The van der Waals surface area contributed by atoms with Crippen LogP contribution in [0.25, 0.3) is 0 Å². The largest absolute Gasteiger partial charge is 0.389 e. The van der Waals surface area contributed by atoms with E-state index in [0.29, 0.717) is 42.7 Å². The van der Waals surface area contributed by atoms with Crippen molar-refractivity contribution >= 4 is 17.4 Å². The summed E-state index contributed by atoms with van der Waals surface area (Å²) >= 11 is 0. The third-order valence-electron chi connectivity index (χ3n) is 4.99. The average molecular weight is 452 g/mol. The Morgan fingerprint density at radius 3 is 2.64 bits per heavy atom. The molecule has 0 atom stereocenters. The highest BCUT2D eigenvalue weighted by Gasteiger charge is 2.27. The minimum absolute atomic E-state index is 0.110. The zero-order chi connectivity index (χ0) is 23.7. The van der Waals surface area contributed by atoms with Gasteiger partial charge in [0, 0.05) is 31.2 Å². The minimum atomic E-state index is -0.581. The molecule has 10 nitrogen and oxygen atoms in total. The predicted molar refractivity (Wildman–Crippen MR) is 123 cm³/mol. The lowest BCUT2D eigenvalue weighted by molar-refractivity contribution is -0.124. The molecule has 2 aromatic heterocycles. The third kappa shape index (κ3) is 6.66. The van der Waals surface area contributed by atoms with Gasteiger partial charge in [0.25, 0.3) is 0 Å². The molecule has 10 heteroatoms. The van der Waals surface area contributed by atoms with Crippen molar-refractivity contribution in [3.8, 4) is 0 Å². The Balaban J connectivity index is 1.68. The fourth-order valence-corrected chi connectivity index (χ4v) is 2.91. The topological polar surface area (TPSA) is 116 Å². The molecule has 0 saturated carbocycles. The Kier molecular flexibility index (Phi) is 8.20. The first-order valence-corrected chi connectivity index (χ1v) is 10.7. The minimum Gasteiger partial charge on any atom is -0.389 e. The number of carbonyl (C=O) groups is 1. The van der Waals surface area contributed by atoms with E-state index in [4.69, 9.17) is 9.57 Å². The number of nitrogens with zero attached hydrogens (tertiary/aromatic N) is 6. The fraction of sp³-hybridized carbons (Fsp3) is 0.391. The highest BCUT2D eigenvalue weighted by molar-refractivity contribution is 6.10. The first kappa shape index (κ1) is 24.0. The van der Waals surface area contributed by atoms with Gasteiger partial charge in [0.2, 0.25) is 11.7 Å². The van der Waals surface area contributed by atoms with Crippen molar-refractivity contribution < 1.29 is 14.4 Å². The van der Waals surface area contributed by atoms with Crippen LogP contribution in [0.4, 0.5) is 5.82 Å². The first-order valence-electron chi connectivity index (χ1n) is 10.7. The van der Waals surface area contributed by atoms with Crippen molar-refractivity contribution in [1.29, 1.82) is 0 Å². The summed E-state index contributed by atoms with van der Waals surface area (Å²) in [4.78, 5) is 22.7. The summed E-state index contributed by atoms with van der Waals surface area (Å²) in [5.74, 6) is 0.812. The number of rotatable bonds is 11. The monoisotopic (exact) mass is 451 g/mol. The summed E-state index contributed by atoms with van der Waals surface area (Å²) in [7, 11) is 1.73. The standard InChI is InChI=1S/C23H29N7O3/c1-5-32-15-14-23(2,3)22(31)25-19-13-9-12-18(24-19)16-33-27-20(17-10-7-6-8-11-17)21-26-28-29-30(21)4/h6-13H,5,14-16H2,1-4H3,(H,24,25,31). The smallest absolute Gasteiger partial charge is 0.231 e. The molecule has 2 heterocycles. The molecule has 0 bridgehead atoms. The van der Waals surface area contributed by atoms with Crippen LogP contribution in [0.3, 0.4) is 0 Å². The Morgan fingerprint density at radius 1 is 1.15 bits per heavy atom. The Morgan fingerprint density at radius 2 is 1.94 bits per heavy atom. The van der Waals surface area contributed by atoms with Crippen LogP contribution in [0.15, 0.2) is 53.7 Å². The SMILES string of the molecule is CCOCCC(C)(C)C(=O)Nc1cccc(CON=C(c2ccccc2)c2nnnn2C)n1. The molecule has 0 radical (unpaired) electrons. The van der Waals surface area contributed by atoms with Gasteiger partial charge in [-0.25, -0.2) is 9.67 Å². The van der Waals surface area contributed by atoms with Gasteiger partial charge in [-0.05, 0) is 35.9 Å². The van der Waals surface area contributed by atoms with Crippen LogP contribution in [-0.2, 0) is 28.0 Å². The summed E-state index contributed by atoms with van der Waals surface area (Å²) in [6.45, 7) is 6.97. The number of pyridine rings is 1. The number of hydrogen-bond acceptors (Lipinski definition) is 8. The first-order chi connectivity index (χ1) is 15.9. The van der Waals surface area contributed by atoms with Gasteiger partial charge < -0.3 is 14.9 Å². The van der Waals surface area contributed by atoms with Crippen LogP contribution in [0.5, 0.6) is 0 Å². The number of anilines is 1. The van der Waals surface area contributed by atoms with E-state index < -0.39 is 5.41 Å². The molecule has 3 aromatic rings. The molecule has 1 aromatic carbocycles. The quantitative estimate of drug-likeness (QED) is 0.271. The van der Waals surface area contributed by atoms with E-state index in [1.807, 2.05) is 57.2 Å². The van der Waals surface area contributed by atoms with Gasteiger partial charge in [0.15, 0.2) is 12.3 Å². The lowest BCUT2D eigenvalue weighted by Gasteiger charge is -2.23. The van der Waals surface area contributed by atoms with Crippen LogP contribution in [-0.4, -0.2) is 50.0 Å². The van der Waals surface area contributed by atoms with Crippen molar-refractivity contribution in [2.75, 3.05) is 18.5 Å². The molecule has 174 valence electrons. The van der Waals surface area contributed by atoms with Gasteiger partial charge in [0.1, 0.15) is 5.82 Å². The van der Waals surface area contributed by atoms with E-state index in [-0.39, 0.29) is 12.5 Å². The Hall–Kier alpha value is -3.66. The van der Waals surface area contributed by atoms with E-state index in [1.54, 1.807) is 19.2 Å². The normalized spacial score (nSPS) is 11.9. The second kappa shape index (κ2) is 11.3. The Labute approximate surface area is 193 Å². The molecule has 0 saturated heterocycles. The van der Waals surface area contributed by atoms with Crippen molar-refractivity contribution in [1.82, 2.24) is 25.2 Å². The summed E-state index contributed by atoms with van der Waals surface area (Å²) in [6, 6.07) is 14.9. The van der Waals surface area contributed by atoms with E-state index in [9.17, 15) is 4.79 Å². The van der Waals surface area contributed by atoms with Crippen LogP contribution in [0.1, 0.15) is 44.3 Å². The maximum Gasteiger partial charge on any atom is 0.231 e. The number of aromatic nitrogens is 5. The van der Waals surface area contributed by atoms with E-state index in [1.165, 1.54) is 4.68 Å². The average Bonchev–Trinajstić information content (AvgIpc) is 3.23. The number of ether oxygens (including phenoxy) is 1. The molecular formula is C23H29N7O3. The summed E-state index contributed by atoms with van der Waals surface area (Å²) in [6.07, 6.45) is 0.614. The fourth-order valence-electron chi connectivity index (χ4n) is 2.91. The zero-order valence-electron chi connectivity index (χ0n) is 19.4. The van der Waals surface area contributed by atoms with Crippen LogP contribution in [0, 0.1) is 5.41 Å². The molecule has 3 rings (SSSR count). The molecule has 0 aliphatic heterocycles. The van der Waals surface area contributed by atoms with Gasteiger partial charge in [-0.15, -0.1) is 5.10 Å². The third-order valence-corrected chi connectivity index (χ3v) is 4.99. The van der Waals surface area contributed by atoms with Gasteiger partial charge in [-0.3, -0.25) is 4.79 Å². The van der Waals surface area contributed by atoms with Crippen molar-refractivity contribution in [3.05, 3.63) is 65.6 Å². The molecule has 0 spiro atoms. The number of nitrogens with one attached hydrogen (secondary N) is 1. The van der Waals surface area contributed by atoms with Crippen LogP contribution >= 0.6 is 0 Å². The second-order valence-corrected chi connectivity index (χ2v) is 8.00. The number of hydrogen-bond donors (Lipinski definition) is 1. The van der Waals surface area contributed by atoms with Gasteiger partial charge in [-0.2, -0.15) is 0 Å². The number of carbonyl (C=O) groups excluding carboxylic acids is 1. The lowest BCUT2D eigenvalue weighted by atomic mass is 9.88. The molecule has 0 unspecified atom stereocenters. The highest BCUT2D eigenvalue weighted by Crippen LogP contribution is 2.22. The zero-order valence-corrected chi connectivity index (χ0v) is 19.4. The van der Waals surface area contributed by atoms with Crippen molar-refractivity contribution in [3.63, 3.8) is 0 Å². The van der Waals surface area contributed by atoms with E-state index >= 15 is 0 Å². The second-order valence-electron chi connectivity index (χ2n) is 8.00. The van der Waals surface area contributed by atoms with Crippen molar-refractivity contribution in [2.45, 2.75) is 33.8 Å². The summed E-state index contributed by atoms with van der Waals surface area (Å²) in [5, 5.41) is 18.7. The molecular weight excluding hydrogens is 422 g/mol. The van der Waals surface area contributed by atoms with Gasteiger partial charge in [0.05, 0.1) is 5.69 Å². The van der Waals surface area contributed by atoms with Gasteiger partial charge >= 0.3 is 0 Å². The summed E-state index contributed by atoms with van der Waals surface area (Å²) in [5.41, 5.74) is 1.36. The molecule has 0 aliphatic carbocycles. The maximum atomic E-state index is 12.7. The Bertz CT molecular complexity index is 1080. The van der Waals surface area contributed by atoms with Crippen LogP contribution in [0.2, 0.25) is 0 Å².